The van der Waals surface area contributed by atoms with Gasteiger partial charge in [-0.2, -0.15) is 0 Å². The highest BCUT2D eigenvalue weighted by Gasteiger charge is 2.12. The summed E-state index contributed by atoms with van der Waals surface area (Å²) in [6.45, 7) is 9.50. The Labute approximate surface area is 179 Å². The van der Waals surface area contributed by atoms with Gasteiger partial charge in [-0.15, -0.1) is 0 Å². The van der Waals surface area contributed by atoms with Gasteiger partial charge in [0.15, 0.2) is 0 Å². The number of benzene rings is 2. The number of carbonyl (C=O) groups excluding carboxylic acids is 1. The number of carbonyl (C=O) groups is 1. The lowest BCUT2D eigenvalue weighted by Gasteiger charge is -2.13. The summed E-state index contributed by atoms with van der Waals surface area (Å²) in [6.07, 6.45) is 2.60. The number of nitrogens with zero attached hydrogens (tertiary/aromatic N) is 2. The van der Waals surface area contributed by atoms with Gasteiger partial charge in [-0.25, -0.2) is 14.4 Å². The van der Waals surface area contributed by atoms with Gasteiger partial charge in [-0.1, -0.05) is 30.0 Å². The van der Waals surface area contributed by atoms with Crippen LogP contribution in [-0.2, 0) is 4.79 Å². The van der Waals surface area contributed by atoms with Gasteiger partial charge in [0.05, 0.1) is 21.8 Å². The Hall–Kier alpha value is -3.43. The van der Waals surface area contributed by atoms with Crippen LogP contribution in [0.1, 0.15) is 26.3 Å². The van der Waals surface area contributed by atoms with E-state index in [1.165, 1.54) is 24.5 Å². The highest BCUT2D eigenvalue weighted by Crippen LogP contribution is 2.30. The van der Waals surface area contributed by atoms with Crippen LogP contribution in [0.4, 0.5) is 21.6 Å². The molecule has 1 heterocycles. The highest BCUT2D eigenvalue weighted by atomic mass is 35.5. The van der Waals surface area contributed by atoms with E-state index in [9.17, 15) is 9.18 Å². The second-order valence-corrected chi connectivity index (χ2v) is 7.99. The van der Waals surface area contributed by atoms with E-state index in [-0.39, 0.29) is 16.3 Å². The monoisotopic (exact) mass is 422 g/mol. The van der Waals surface area contributed by atoms with Gasteiger partial charge in [-0.05, 0) is 57.2 Å². The number of fused-ring (bicyclic) bond motifs is 1. The molecule has 0 fully saturated rings. The smallest absolute Gasteiger partial charge is 0.247 e. The van der Waals surface area contributed by atoms with Crippen LogP contribution in [0.2, 0.25) is 5.02 Å². The van der Waals surface area contributed by atoms with Gasteiger partial charge in [0.2, 0.25) is 5.91 Å². The topological polar surface area (TPSA) is 66.9 Å². The maximum atomic E-state index is 13.5. The van der Waals surface area contributed by atoms with Crippen molar-refractivity contribution in [1.29, 1.82) is 0 Å². The summed E-state index contributed by atoms with van der Waals surface area (Å²) >= 11 is 5.87. The first-order valence-electron chi connectivity index (χ1n) is 9.14. The average molecular weight is 423 g/mol. The Morgan fingerprint density at radius 2 is 2.00 bits per heavy atom. The van der Waals surface area contributed by atoms with Crippen LogP contribution in [0.5, 0.6) is 0 Å². The minimum Gasteiger partial charge on any atom is -0.340 e. The van der Waals surface area contributed by atoms with Gasteiger partial charge in [0, 0.05) is 16.5 Å². The summed E-state index contributed by atoms with van der Waals surface area (Å²) in [5.74, 6) is 5.90. The van der Waals surface area contributed by atoms with E-state index >= 15 is 0 Å². The molecule has 2 N–H and O–H groups in total. The Kier molecular flexibility index (Phi) is 6.04. The predicted octanol–water partition coefficient (Wildman–Crippen LogP) is 5.69. The largest absolute Gasteiger partial charge is 0.340 e. The zero-order valence-corrected chi connectivity index (χ0v) is 17.6. The number of nitrogens with one attached hydrogen (secondary N) is 2. The average Bonchev–Trinajstić information content (AvgIpc) is 2.69. The molecule has 2 aromatic carbocycles. The summed E-state index contributed by atoms with van der Waals surface area (Å²) in [6, 6.07) is 7.82. The van der Waals surface area contributed by atoms with Gasteiger partial charge in [-0.3, -0.25) is 4.79 Å². The van der Waals surface area contributed by atoms with Crippen LogP contribution < -0.4 is 10.6 Å². The Morgan fingerprint density at radius 3 is 2.67 bits per heavy atom. The minimum atomic E-state index is -0.508. The van der Waals surface area contributed by atoms with E-state index in [1.54, 1.807) is 18.2 Å². The van der Waals surface area contributed by atoms with Crippen molar-refractivity contribution in [3.63, 3.8) is 0 Å². The van der Waals surface area contributed by atoms with Gasteiger partial charge < -0.3 is 10.6 Å². The van der Waals surface area contributed by atoms with Crippen molar-refractivity contribution >= 4 is 45.6 Å². The molecule has 0 saturated carbocycles. The molecule has 1 aromatic heterocycles. The molecule has 0 saturated heterocycles. The predicted molar refractivity (Wildman–Crippen MR) is 119 cm³/mol. The molecule has 3 aromatic rings. The van der Waals surface area contributed by atoms with E-state index in [0.29, 0.717) is 33.7 Å². The second-order valence-electron chi connectivity index (χ2n) is 7.58. The minimum absolute atomic E-state index is 0.00274. The number of rotatable bonds is 4. The van der Waals surface area contributed by atoms with Crippen molar-refractivity contribution in [3.05, 3.63) is 65.7 Å². The van der Waals surface area contributed by atoms with Crippen LogP contribution in [0.15, 0.2) is 49.3 Å². The van der Waals surface area contributed by atoms with E-state index in [2.05, 4.69) is 39.0 Å². The van der Waals surface area contributed by atoms with Crippen molar-refractivity contribution in [2.24, 2.45) is 5.41 Å². The second kappa shape index (κ2) is 8.52. The van der Waals surface area contributed by atoms with E-state index in [1.807, 2.05) is 20.8 Å². The molecule has 0 aliphatic carbocycles. The quantitative estimate of drug-likeness (QED) is 0.418. The van der Waals surface area contributed by atoms with Gasteiger partial charge >= 0.3 is 0 Å². The molecule has 7 heteroatoms. The fraction of sp³-hybridized carbons (Fsp3) is 0.174. The van der Waals surface area contributed by atoms with Crippen LogP contribution in [0.3, 0.4) is 0 Å². The number of hydrogen-bond donors (Lipinski definition) is 2. The molecule has 0 aliphatic rings. The molecular weight excluding hydrogens is 403 g/mol. The lowest BCUT2D eigenvalue weighted by atomic mass is 9.97. The van der Waals surface area contributed by atoms with Crippen molar-refractivity contribution in [2.75, 3.05) is 10.6 Å². The van der Waals surface area contributed by atoms with E-state index in [4.69, 9.17) is 11.6 Å². The fourth-order valence-electron chi connectivity index (χ4n) is 2.56. The molecule has 5 nitrogen and oxygen atoms in total. The summed E-state index contributed by atoms with van der Waals surface area (Å²) in [5, 5.41) is 6.55. The molecular formula is C23H20ClFN4O. The highest BCUT2D eigenvalue weighted by molar-refractivity contribution is 6.31. The first kappa shape index (κ1) is 21.3. The number of hydrogen-bond acceptors (Lipinski definition) is 4. The molecule has 30 heavy (non-hydrogen) atoms. The first-order chi connectivity index (χ1) is 14.2. The summed E-state index contributed by atoms with van der Waals surface area (Å²) in [7, 11) is 0. The molecule has 0 bridgehead atoms. The third-order valence-electron chi connectivity index (χ3n) is 3.97. The van der Waals surface area contributed by atoms with E-state index in [0.717, 1.165) is 0 Å². The van der Waals surface area contributed by atoms with Crippen molar-refractivity contribution in [2.45, 2.75) is 20.8 Å². The summed E-state index contributed by atoms with van der Waals surface area (Å²) < 4.78 is 13.5. The van der Waals surface area contributed by atoms with Crippen molar-refractivity contribution in [1.82, 2.24) is 9.97 Å². The van der Waals surface area contributed by atoms with Crippen molar-refractivity contribution < 1.29 is 9.18 Å². The molecule has 152 valence electrons. The molecule has 0 atom stereocenters. The molecule has 1 amide bonds. The number of aromatic nitrogens is 2. The number of anilines is 3. The lowest BCUT2D eigenvalue weighted by Crippen LogP contribution is -2.09. The summed E-state index contributed by atoms with van der Waals surface area (Å²) in [4.78, 5) is 20.5. The summed E-state index contributed by atoms with van der Waals surface area (Å²) in [5.41, 5.74) is 2.13. The Bertz CT molecular complexity index is 1210. The maximum Gasteiger partial charge on any atom is 0.247 e. The molecule has 0 aliphatic heterocycles. The van der Waals surface area contributed by atoms with Crippen molar-refractivity contribution in [3.8, 4) is 11.8 Å². The van der Waals surface area contributed by atoms with E-state index < -0.39 is 5.82 Å². The van der Waals surface area contributed by atoms with Gasteiger partial charge in [0.25, 0.3) is 0 Å². The fourth-order valence-corrected chi connectivity index (χ4v) is 2.74. The van der Waals surface area contributed by atoms with Crippen LogP contribution in [0.25, 0.3) is 10.9 Å². The zero-order chi connectivity index (χ0) is 21.9. The third kappa shape index (κ3) is 5.13. The number of amides is 1. The van der Waals surface area contributed by atoms with Gasteiger partial charge in [0.1, 0.15) is 18.0 Å². The Balaban J connectivity index is 2.12. The molecule has 3 rings (SSSR count). The lowest BCUT2D eigenvalue weighted by molar-refractivity contribution is -0.111. The van der Waals surface area contributed by atoms with Crippen LogP contribution in [-0.4, -0.2) is 15.9 Å². The number of halogens is 2. The first-order valence-corrected chi connectivity index (χ1v) is 9.51. The third-order valence-corrected chi connectivity index (χ3v) is 4.26. The molecule has 0 spiro atoms. The Morgan fingerprint density at radius 1 is 1.23 bits per heavy atom. The zero-order valence-electron chi connectivity index (χ0n) is 16.8. The molecule has 0 unspecified atom stereocenters. The standard InChI is InChI=1S/C23H20ClFN4O/c1-5-21(30)29-19-12-16-20(10-14(19)8-9-23(2,3)4)26-13-27-22(16)28-15-6-7-18(25)17(24)11-15/h5-7,10-13H,1H2,2-4H3,(H,29,30)(H,26,27,28). The maximum absolute atomic E-state index is 13.5. The van der Waals surface area contributed by atoms with Crippen LogP contribution in [0, 0.1) is 23.1 Å². The van der Waals surface area contributed by atoms with Crippen LogP contribution >= 0.6 is 11.6 Å². The normalized spacial score (nSPS) is 10.8. The molecule has 0 radical (unpaired) electrons. The SMILES string of the molecule is C=CC(=O)Nc1cc2c(Nc3ccc(F)c(Cl)c3)ncnc2cc1C#CC(C)(C)C.